The van der Waals surface area contributed by atoms with E-state index in [9.17, 15) is 4.79 Å². The first-order valence-corrected chi connectivity index (χ1v) is 9.09. The summed E-state index contributed by atoms with van der Waals surface area (Å²) < 4.78 is 0. The average Bonchev–Trinajstić information content (AvgIpc) is 2.92. The number of halogens is 1. The molecule has 0 atom stereocenters. The summed E-state index contributed by atoms with van der Waals surface area (Å²) in [4.78, 5) is 22.2. The molecule has 4 rings (SSSR count). The van der Waals surface area contributed by atoms with Crippen molar-refractivity contribution in [2.24, 2.45) is 0 Å². The van der Waals surface area contributed by atoms with Gasteiger partial charge in [-0.1, -0.05) is 53.6 Å². The third-order valence-electron chi connectivity index (χ3n) is 4.21. The zero-order valence-electron chi connectivity index (χ0n) is 13.8. The van der Waals surface area contributed by atoms with Gasteiger partial charge in [0, 0.05) is 16.0 Å². The first-order chi connectivity index (χ1) is 12.0. The number of nitrogens with one attached hydrogen (secondary N) is 1. The molecule has 0 radical (unpaired) electrons. The second kappa shape index (κ2) is 6.14. The molecule has 0 saturated heterocycles. The van der Waals surface area contributed by atoms with Gasteiger partial charge in [0.15, 0.2) is 0 Å². The van der Waals surface area contributed by atoms with Gasteiger partial charge in [0.1, 0.15) is 10.7 Å². The van der Waals surface area contributed by atoms with E-state index < -0.39 is 0 Å². The van der Waals surface area contributed by atoms with Crippen molar-refractivity contribution in [1.82, 2.24) is 9.97 Å². The minimum Gasteiger partial charge on any atom is -0.306 e. The number of aromatic nitrogens is 2. The van der Waals surface area contributed by atoms with Gasteiger partial charge >= 0.3 is 0 Å². The highest BCUT2D eigenvalue weighted by molar-refractivity contribution is 7.19. The monoisotopic (exact) mass is 366 g/mol. The fraction of sp³-hybridized carbons (Fsp3) is 0.100. The van der Waals surface area contributed by atoms with Crippen LogP contribution in [-0.2, 0) is 0 Å². The number of rotatable bonds is 2. The van der Waals surface area contributed by atoms with Crippen molar-refractivity contribution < 1.29 is 0 Å². The van der Waals surface area contributed by atoms with E-state index in [0.717, 1.165) is 26.4 Å². The predicted molar refractivity (Wildman–Crippen MR) is 106 cm³/mol. The maximum Gasteiger partial charge on any atom is 0.260 e. The lowest BCUT2D eigenvalue weighted by atomic mass is 10.0. The van der Waals surface area contributed by atoms with Gasteiger partial charge in [-0.05, 0) is 31.5 Å². The van der Waals surface area contributed by atoms with Crippen molar-refractivity contribution >= 4 is 33.2 Å². The van der Waals surface area contributed by atoms with Crippen molar-refractivity contribution in [2.75, 3.05) is 0 Å². The lowest BCUT2D eigenvalue weighted by molar-refractivity contribution is 1.19. The number of H-pyrrole nitrogens is 1. The SMILES string of the molecule is Cc1ccc(-c2c(C)sc3nc(-c4ccccc4Cl)[nH]c(=O)c23)cc1. The quantitative estimate of drug-likeness (QED) is 0.502. The number of thiophene rings is 1. The molecule has 0 unspecified atom stereocenters. The Hall–Kier alpha value is -2.43. The standard InChI is InChI=1S/C20H15ClN2OS/c1-11-7-9-13(10-8-11)16-12(2)25-20-17(16)19(24)22-18(23-20)14-5-3-4-6-15(14)21/h3-10H,1-2H3,(H,22,23,24). The molecule has 124 valence electrons. The van der Waals surface area contributed by atoms with E-state index in [0.29, 0.717) is 16.2 Å². The smallest absolute Gasteiger partial charge is 0.260 e. The van der Waals surface area contributed by atoms with Crippen molar-refractivity contribution in [3.8, 4) is 22.5 Å². The highest BCUT2D eigenvalue weighted by atomic mass is 35.5. The molecular formula is C20H15ClN2OS. The van der Waals surface area contributed by atoms with Crippen molar-refractivity contribution in [1.29, 1.82) is 0 Å². The van der Waals surface area contributed by atoms with Crippen LogP contribution in [0.15, 0.2) is 53.3 Å². The Labute approximate surface area is 154 Å². The molecule has 25 heavy (non-hydrogen) atoms. The molecule has 0 bridgehead atoms. The van der Waals surface area contributed by atoms with Crippen LogP contribution < -0.4 is 5.56 Å². The first kappa shape index (κ1) is 16.1. The van der Waals surface area contributed by atoms with Crippen molar-refractivity contribution in [3.63, 3.8) is 0 Å². The number of hydrogen-bond donors (Lipinski definition) is 1. The summed E-state index contributed by atoms with van der Waals surface area (Å²) in [6.07, 6.45) is 0. The van der Waals surface area contributed by atoms with Crippen LogP contribution in [0.3, 0.4) is 0 Å². The molecule has 2 heterocycles. The first-order valence-electron chi connectivity index (χ1n) is 7.90. The Kier molecular flexibility index (Phi) is 3.94. The molecule has 0 fully saturated rings. The largest absolute Gasteiger partial charge is 0.306 e. The van der Waals surface area contributed by atoms with Crippen molar-refractivity contribution in [3.05, 3.63) is 74.3 Å². The van der Waals surface area contributed by atoms with Gasteiger partial charge in [-0.15, -0.1) is 11.3 Å². The molecule has 5 heteroatoms. The number of aromatic amines is 1. The fourth-order valence-electron chi connectivity index (χ4n) is 2.97. The topological polar surface area (TPSA) is 45.8 Å². The summed E-state index contributed by atoms with van der Waals surface area (Å²) in [5.74, 6) is 0.500. The highest BCUT2D eigenvalue weighted by Gasteiger charge is 2.17. The summed E-state index contributed by atoms with van der Waals surface area (Å²) in [7, 11) is 0. The van der Waals surface area contributed by atoms with E-state index in [4.69, 9.17) is 11.6 Å². The van der Waals surface area contributed by atoms with Gasteiger partial charge in [0.2, 0.25) is 0 Å². The summed E-state index contributed by atoms with van der Waals surface area (Å²) in [6.45, 7) is 4.07. The Balaban J connectivity index is 1.97. The second-order valence-electron chi connectivity index (χ2n) is 5.97. The summed E-state index contributed by atoms with van der Waals surface area (Å²) in [6, 6.07) is 15.6. The molecule has 1 N–H and O–H groups in total. The number of fused-ring (bicyclic) bond motifs is 1. The molecule has 0 aliphatic carbocycles. The average molecular weight is 367 g/mol. The van der Waals surface area contributed by atoms with Gasteiger partial charge in [-0.3, -0.25) is 4.79 Å². The Morgan fingerprint density at radius 3 is 2.48 bits per heavy atom. The van der Waals surface area contributed by atoms with E-state index in [1.807, 2.05) is 44.2 Å². The van der Waals surface area contributed by atoms with Crippen LogP contribution in [0.1, 0.15) is 10.4 Å². The van der Waals surface area contributed by atoms with Crippen LogP contribution in [-0.4, -0.2) is 9.97 Å². The van der Waals surface area contributed by atoms with Crippen LogP contribution in [0.2, 0.25) is 5.02 Å². The zero-order chi connectivity index (χ0) is 17.6. The molecule has 0 aliphatic heterocycles. The zero-order valence-corrected chi connectivity index (χ0v) is 15.3. The molecule has 3 nitrogen and oxygen atoms in total. The summed E-state index contributed by atoms with van der Waals surface area (Å²) in [5.41, 5.74) is 3.77. The lowest BCUT2D eigenvalue weighted by Crippen LogP contribution is -2.09. The minimum atomic E-state index is -0.139. The van der Waals surface area contributed by atoms with Gasteiger partial charge in [0.25, 0.3) is 5.56 Å². The van der Waals surface area contributed by atoms with Crippen LogP contribution in [0.5, 0.6) is 0 Å². The second-order valence-corrected chi connectivity index (χ2v) is 7.58. The Bertz CT molecular complexity index is 1140. The summed E-state index contributed by atoms with van der Waals surface area (Å²) >= 11 is 7.78. The van der Waals surface area contributed by atoms with Gasteiger partial charge in [0.05, 0.1) is 10.4 Å². The molecular weight excluding hydrogens is 352 g/mol. The van der Waals surface area contributed by atoms with E-state index in [1.165, 1.54) is 16.9 Å². The fourth-order valence-corrected chi connectivity index (χ4v) is 4.24. The maximum atomic E-state index is 12.8. The van der Waals surface area contributed by atoms with Gasteiger partial charge in [-0.25, -0.2) is 4.98 Å². The Morgan fingerprint density at radius 2 is 1.76 bits per heavy atom. The molecule has 0 saturated carbocycles. The van der Waals surface area contributed by atoms with Crippen LogP contribution in [0, 0.1) is 13.8 Å². The van der Waals surface area contributed by atoms with E-state index in [1.54, 1.807) is 6.07 Å². The molecule has 4 aromatic rings. The number of benzene rings is 2. The number of nitrogens with zero attached hydrogens (tertiary/aromatic N) is 1. The molecule has 2 aromatic carbocycles. The van der Waals surface area contributed by atoms with Crippen LogP contribution in [0.4, 0.5) is 0 Å². The number of hydrogen-bond acceptors (Lipinski definition) is 3. The lowest BCUT2D eigenvalue weighted by Gasteiger charge is -2.05. The van der Waals surface area contributed by atoms with Gasteiger partial charge < -0.3 is 4.98 Å². The minimum absolute atomic E-state index is 0.139. The highest BCUT2D eigenvalue weighted by Crippen LogP contribution is 2.36. The van der Waals surface area contributed by atoms with Crippen molar-refractivity contribution in [2.45, 2.75) is 13.8 Å². The Morgan fingerprint density at radius 1 is 1.04 bits per heavy atom. The molecule has 2 aromatic heterocycles. The molecule has 0 aliphatic rings. The molecule has 0 spiro atoms. The third kappa shape index (κ3) is 2.77. The van der Waals surface area contributed by atoms with E-state index in [2.05, 4.69) is 22.1 Å². The number of aryl methyl sites for hydroxylation is 2. The van der Waals surface area contributed by atoms with Crippen LogP contribution >= 0.6 is 22.9 Å². The van der Waals surface area contributed by atoms with Crippen LogP contribution in [0.25, 0.3) is 32.7 Å². The normalized spacial score (nSPS) is 11.2. The van der Waals surface area contributed by atoms with Gasteiger partial charge in [-0.2, -0.15) is 0 Å². The molecule has 0 amide bonds. The maximum absolute atomic E-state index is 12.8. The van der Waals surface area contributed by atoms with E-state index >= 15 is 0 Å². The third-order valence-corrected chi connectivity index (χ3v) is 5.54. The van der Waals surface area contributed by atoms with E-state index in [-0.39, 0.29) is 5.56 Å². The predicted octanol–water partition coefficient (Wildman–Crippen LogP) is 5.59. The summed E-state index contributed by atoms with van der Waals surface area (Å²) in [5, 5.41) is 1.21.